The molecule has 1 aromatic heterocycles. The van der Waals surface area contributed by atoms with Crippen LogP contribution in [-0.2, 0) is 13.0 Å². The lowest BCUT2D eigenvalue weighted by atomic mass is 9.95. The van der Waals surface area contributed by atoms with Gasteiger partial charge in [-0.25, -0.2) is 4.39 Å². The van der Waals surface area contributed by atoms with Crippen molar-refractivity contribution in [3.05, 3.63) is 67.8 Å². The molecule has 6 nitrogen and oxygen atoms in total. The predicted octanol–water partition coefficient (Wildman–Crippen LogP) is 3.38. The SMILES string of the molecule is O=C(c1ccc(F)c(Cl)c1)N1CCc2c(c[nH]c(=O)c2C(=O)N2CCCCCC2)C1. The van der Waals surface area contributed by atoms with Gasteiger partial charge in [-0.15, -0.1) is 0 Å². The lowest BCUT2D eigenvalue weighted by molar-refractivity contribution is 0.0732. The summed E-state index contributed by atoms with van der Waals surface area (Å²) in [6, 6.07) is 3.89. The summed E-state index contributed by atoms with van der Waals surface area (Å²) in [7, 11) is 0. The molecule has 0 atom stereocenters. The number of benzene rings is 1. The van der Waals surface area contributed by atoms with Crippen LogP contribution in [0.25, 0.3) is 0 Å². The summed E-state index contributed by atoms with van der Waals surface area (Å²) >= 11 is 5.81. The number of amides is 2. The van der Waals surface area contributed by atoms with E-state index in [-0.39, 0.29) is 34.5 Å². The van der Waals surface area contributed by atoms with E-state index in [1.807, 2.05) is 0 Å². The molecule has 0 unspecified atom stereocenters. The summed E-state index contributed by atoms with van der Waals surface area (Å²) in [6.45, 7) is 1.96. The van der Waals surface area contributed by atoms with E-state index >= 15 is 0 Å². The van der Waals surface area contributed by atoms with Gasteiger partial charge < -0.3 is 14.8 Å². The zero-order valence-electron chi connectivity index (χ0n) is 16.5. The second kappa shape index (κ2) is 8.60. The first-order chi connectivity index (χ1) is 14.5. The van der Waals surface area contributed by atoms with Crippen LogP contribution in [0.15, 0.2) is 29.2 Å². The molecule has 3 heterocycles. The fourth-order valence-electron chi connectivity index (χ4n) is 4.21. The molecule has 30 heavy (non-hydrogen) atoms. The van der Waals surface area contributed by atoms with Crippen LogP contribution >= 0.6 is 11.6 Å². The van der Waals surface area contributed by atoms with E-state index in [1.54, 1.807) is 16.0 Å². The van der Waals surface area contributed by atoms with Crippen molar-refractivity contribution in [3.8, 4) is 0 Å². The number of pyridine rings is 1. The third-order valence-electron chi connectivity index (χ3n) is 5.85. The van der Waals surface area contributed by atoms with Crippen LogP contribution in [0.4, 0.5) is 4.39 Å². The van der Waals surface area contributed by atoms with Crippen molar-refractivity contribution in [2.75, 3.05) is 19.6 Å². The van der Waals surface area contributed by atoms with Crippen LogP contribution in [-0.4, -0.2) is 46.2 Å². The summed E-state index contributed by atoms with van der Waals surface area (Å²) in [5.41, 5.74) is 1.59. The molecular weight excluding hydrogens is 409 g/mol. The predicted molar refractivity (Wildman–Crippen MR) is 111 cm³/mol. The van der Waals surface area contributed by atoms with Gasteiger partial charge >= 0.3 is 0 Å². The molecule has 1 N–H and O–H groups in total. The summed E-state index contributed by atoms with van der Waals surface area (Å²) in [5.74, 6) is -1.07. The number of hydrogen-bond donors (Lipinski definition) is 1. The number of nitrogens with zero attached hydrogens (tertiary/aromatic N) is 2. The van der Waals surface area contributed by atoms with Crippen LogP contribution < -0.4 is 5.56 Å². The smallest absolute Gasteiger partial charge is 0.261 e. The highest BCUT2D eigenvalue weighted by atomic mass is 35.5. The maximum atomic E-state index is 13.4. The number of hydrogen-bond acceptors (Lipinski definition) is 3. The van der Waals surface area contributed by atoms with Gasteiger partial charge in [0.15, 0.2) is 0 Å². The molecule has 2 aliphatic heterocycles. The van der Waals surface area contributed by atoms with Crippen molar-refractivity contribution < 1.29 is 14.0 Å². The van der Waals surface area contributed by atoms with Crippen LogP contribution in [0.2, 0.25) is 5.02 Å². The molecule has 0 bridgehead atoms. The third-order valence-corrected chi connectivity index (χ3v) is 6.14. The van der Waals surface area contributed by atoms with E-state index in [0.29, 0.717) is 37.2 Å². The third kappa shape index (κ3) is 3.99. The van der Waals surface area contributed by atoms with Gasteiger partial charge in [0, 0.05) is 37.9 Å². The van der Waals surface area contributed by atoms with Gasteiger partial charge in [-0.05, 0) is 48.6 Å². The summed E-state index contributed by atoms with van der Waals surface area (Å²) in [6.07, 6.45) is 6.07. The van der Waals surface area contributed by atoms with Gasteiger partial charge in [0.05, 0.1) is 5.02 Å². The maximum Gasteiger partial charge on any atom is 0.261 e. The molecule has 1 fully saturated rings. The van der Waals surface area contributed by atoms with Gasteiger partial charge in [-0.3, -0.25) is 14.4 Å². The van der Waals surface area contributed by atoms with Crippen molar-refractivity contribution in [2.45, 2.75) is 38.6 Å². The molecular formula is C22H23ClFN3O3. The van der Waals surface area contributed by atoms with E-state index in [0.717, 1.165) is 31.2 Å². The van der Waals surface area contributed by atoms with E-state index in [9.17, 15) is 18.8 Å². The average Bonchev–Trinajstić information content (AvgIpc) is 3.04. The Morgan fingerprint density at radius 3 is 2.43 bits per heavy atom. The minimum atomic E-state index is -0.577. The number of halogens is 2. The standard InChI is InChI=1S/C22H23ClFN3O3/c23-17-11-14(5-6-18(17)24)21(29)27-10-7-16-15(13-27)12-25-20(28)19(16)22(30)26-8-3-1-2-4-9-26/h5-6,11-12H,1-4,7-10,13H2,(H,25,28). The average molecular weight is 432 g/mol. The Bertz CT molecular complexity index is 1040. The molecule has 2 amide bonds. The number of aromatic amines is 1. The molecule has 158 valence electrons. The number of H-pyrrole nitrogens is 1. The van der Waals surface area contributed by atoms with Crippen molar-refractivity contribution in [1.29, 1.82) is 0 Å². The summed E-state index contributed by atoms with van der Waals surface area (Å²) in [4.78, 5) is 44.6. The number of aromatic nitrogens is 1. The van der Waals surface area contributed by atoms with Gasteiger partial charge in [0.2, 0.25) is 0 Å². The first kappa shape index (κ1) is 20.6. The summed E-state index contributed by atoms with van der Waals surface area (Å²) < 4.78 is 13.4. The molecule has 0 aliphatic carbocycles. The monoisotopic (exact) mass is 431 g/mol. The van der Waals surface area contributed by atoms with Gasteiger partial charge in [0.25, 0.3) is 17.4 Å². The van der Waals surface area contributed by atoms with Crippen LogP contribution in [0, 0.1) is 5.82 Å². The Morgan fingerprint density at radius 2 is 1.73 bits per heavy atom. The van der Waals surface area contributed by atoms with Gasteiger partial charge in [0.1, 0.15) is 11.4 Å². The van der Waals surface area contributed by atoms with E-state index in [4.69, 9.17) is 11.6 Å². The highest BCUT2D eigenvalue weighted by Gasteiger charge is 2.29. The van der Waals surface area contributed by atoms with Crippen LogP contribution in [0.5, 0.6) is 0 Å². The quantitative estimate of drug-likeness (QED) is 0.792. The molecule has 2 aromatic rings. The van der Waals surface area contributed by atoms with Gasteiger partial charge in [-0.2, -0.15) is 0 Å². The molecule has 2 aliphatic rings. The lowest BCUT2D eigenvalue weighted by Gasteiger charge is -2.30. The molecule has 4 rings (SSSR count). The van der Waals surface area contributed by atoms with Crippen LogP contribution in [0.1, 0.15) is 57.5 Å². The molecule has 1 saturated heterocycles. The van der Waals surface area contributed by atoms with Crippen molar-refractivity contribution in [3.63, 3.8) is 0 Å². The number of fused-ring (bicyclic) bond motifs is 1. The van der Waals surface area contributed by atoms with Gasteiger partial charge in [-0.1, -0.05) is 24.4 Å². The normalized spacial score (nSPS) is 16.7. The number of likely N-dealkylation sites (tertiary alicyclic amines) is 1. The zero-order valence-corrected chi connectivity index (χ0v) is 17.3. The highest BCUT2D eigenvalue weighted by Crippen LogP contribution is 2.24. The Hall–Kier alpha value is -2.67. The number of carbonyl (C=O) groups excluding carboxylic acids is 2. The Morgan fingerprint density at radius 1 is 1.00 bits per heavy atom. The Kier molecular flexibility index (Phi) is 5.90. The molecule has 0 spiro atoms. The van der Waals surface area contributed by atoms with Crippen LogP contribution in [0.3, 0.4) is 0 Å². The Balaban J connectivity index is 1.59. The number of rotatable bonds is 2. The minimum Gasteiger partial charge on any atom is -0.338 e. The van der Waals surface area contributed by atoms with E-state index in [1.165, 1.54) is 18.2 Å². The van der Waals surface area contributed by atoms with E-state index in [2.05, 4.69) is 4.98 Å². The fraction of sp³-hybridized carbons (Fsp3) is 0.409. The molecule has 8 heteroatoms. The summed E-state index contributed by atoms with van der Waals surface area (Å²) in [5, 5.41) is -0.104. The largest absolute Gasteiger partial charge is 0.338 e. The van der Waals surface area contributed by atoms with Crippen molar-refractivity contribution in [2.24, 2.45) is 0 Å². The topological polar surface area (TPSA) is 73.5 Å². The zero-order chi connectivity index (χ0) is 21.3. The highest BCUT2D eigenvalue weighted by molar-refractivity contribution is 6.31. The first-order valence-corrected chi connectivity index (χ1v) is 10.6. The number of carbonyl (C=O) groups is 2. The number of nitrogens with one attached hydrogen (secondary N) is 1. The second-order valence-electron chi connectivity index (χ2n) is 7.81. The van der Waals surface area contributed by atoms with Crippen molar-refractivity contribution in [1.82, 2.24) is 14.8 Å². The fourth-order valence-corrected chi connectivity index (χ4v) is 4.39. The lowest BCUT2D eigenvalue weighted by Crippen LogP contribution is -2.41. The molecule has 0 saturated carbocycles. The maximum absolute atomic E-state index is 13.4. The molecule has 1 aromatic carbocycles. The second-order valence-corrected chi connectivity index (χ2v) is 8.22. The Labute approximate surface area is 178 Å². The molecule has 0 radical (unpaired) electrons. The van der Waals surface area contributed by atoms with E-state index < -0.39 is 5.82 Å². The first-order valence-electron chi connectivity index (χ1n) is 10.2. The minimum absolute atomic E-state index is 0.104. The van der Waals surface area contributed by atoms with Crippen molar-refractivity contribution >= 4 is 23.4 Å².